The van der Waals surface area contributed by atoms with Gasteiger partial charge in [-0.3, -0.25) is 4.98 Å². The van der Waals surface area contributed by atoms with Crippen molar-refractivity contribution >= 4 is 10.9 Å². The molecule has 1 aromatic heterocycles. The molecular weight excluding hydrogens is 272 g/mol. The summed E-state index contributed by atoms with van der Waals surface area (Å²) in [5.74, 6) is 1.04. The maximum absolute atomic E-state index is 9.06. The average Bonchev–Trinajstić information content (AvgIpc) is 2.88. The summed E-state index contributed by atoms with van der Waals surface area (Å²) < 4.78 is 0. The summed E-state index contributed by atoms with van der Waals surface area (Å²) in [4.78, 5) is 6.44. The summed E-state index contributed by atoms with van der Waals surface area (Å²) >= 11 is 0. The summed E-state index contributed by atoms with van der Waals surface area (Å²) in [5.41, 5.74) is 5.15. The lowest BCUT2D eigenvalue weighted by molar-refractivity contribution is 0.487. The predicted molar refractivity (Wildman–Crippen MR) is 90.4 cm³/mol. The molecule has 3 rings (SSSR count). The van der Waals surface area contributed by atoms with E-state index in [4.69, 9.17) is 5.26 Å². The third-order valence-corrected chi connectivity index (χ3v) is 4.08. The van der Waals surface area contributed by atoms with Crippen LogP contribution in [-0.2, 0) is 0 Å². The van der Waals surface area contributed by atoms with Crippen molar-refractivity contribution < 1.29 is 0 Å². The summed E-state index contributed by atoms with van der Waals surface area (Å²) in [6, 6.07) is 6.11. The third-order valence-electron chi connectivity index (χ3n) is 4.08. The summed E-state index contributed by atoms with van der Waals surface area (Å²) in [7, 11) is 2.03. The van der Waals surface area contributed by atoms with E-state index in [0.29, 0.717) is 5.56 Å². The Morgan fingerprint density at radius 1 is 1.32 bits per heavy atom. The smallest absolute Gasteiger partial charge is 0.0999 e. The minimum Gasteiger partial charge on any atom is -0.370 e. The lowest BCUT2D eigenvalue weighted by Crippen LogP contribution is -2.11. The highest BCUT2D eigenvalue weighted by Crippen LogP contribution is 2.25. The summed E-state index contributed by atoms with van der Waals surface area (Å²) in [5, 5.41) is 13.2. The highest BCUT2D eigenvalue weighted by atomic mass is 15.3. The van der Waals surface area contributed by atoms with Crippen LogP contribution in [0.1, 0.15) is 22.3 Å². The molecule has 4 nitrogen and oxygen atoms in total. The molecule has 2 aromatic rings. The van der Waals surface area contributed by atoms with Crippen LogP contribution in [0.4, 0.5) is 0 Å². The molecule has 1 aliphatic heterocycles. The number of likely N-dealkylation sites (N-methyl/N-ethyl adjacent to an activating group) is 1. The highest BCUT2D eigenvalue weighted by Gasteiger charge is 2.09. The van der Waals surface area contributed by atoms with Gasteiger partial charge in [0, 0.05) is 31.7 Å². The molecule has 114 valence electrons. The second kappa shape index (κ2) is 6.48. The van der Waals surface area contributed by atoms with Crippen molar-refractivity contribution in [3.05, 3.63) is 53.0 Å². The number of nitrogens with zero attached hydrogens (tertiary/aromatic N) is 3. The largest absolute Gasteiger partial charge is 0.370 e. The molecule has 1 aromatic carbocycles. The molecule has 0 radical (unpaired) electrons. The lowest BCUT2D eigenvalue weighted by Gasteiger charge is -2.09. The molecule has 1 fully saturated rings. The second-order valence-corrected chi connectivity index (χ2v) is 5.62. The van der Waals surface area contributed by atoms with Gasteiger partial charge < -0.3 is 10.2 Å². The Morgan fingerprint density at radius 3 is 2.55 bits per heavy atom. The van der Waals surface area contributed by atoms with Crippen LogP contribution in [0.2, 0.25) is 0 Å². The van der Waals surface area contributed by atoms with Crippen molar-refractivity contribution in [1.29, 1.82) is 5.26 Å². The number of nitrogens with one attached hydrogen (secondary N) is 1. The second-order valence-electron chi connectivity index (χ2n) is 5.62. The van der Waals surface area contributed by atoms with E-state index in [0.717, 1.165) is 40.9 Å². The molecule has 1 N–H and O–H groups in total. The minimum atomic E-state index is 0.712. The summed E-state index contributed by atoms with van der Waals surface area (Å²) in [6.07, 6.45) is 1.70. The molecule has 0 unspecified atom stereocenters. The fourth-order valence-electron chi connectivity index (χ4n) is 2.57. The van der Waals surface area contributed by atoms with Gasteiger partial charge in [0.2, 0.25) is 0 Å². The highest BCUT2D eigenvalue weighted by molar-refractivity contribution is 5.90. The fourth-order valence-corrected chi connectivity index (χ4v) is 2.57. The van der Waals surface area contributed by atoms with E-state index in [-0.39, 0.29) is 0 Å². The van der Waals surface area contributed by atoms with Crippen molar-refractivity contribution in [2.45, 2.75) is 20.8 Å². The topological polar surface area (TPSA) is 52.0 Å². The van der Waals surface area contributed by atoms with Gasteiger partial charge in [-0.05, 0) is 43.5 Å². The molecule has 1 aliphatic rings. The number of fused-ring (bicyclic) bond motifs is 1. The van der Waals surface area contributed by atoms with Crippen LogP contribution in [0, 0.1) is 32.1 Å². The van der Waals surface area contributed by atoms with Crippen molar-refractivity contribution in [2.75, 3.05) is 20.1 Å². The van der Waals surface area contributed by atoms with Crippen LogP contribution in [0.5, 0.6) is 0 Å². The number of pyridine rings is 1. The molecule has 0 bridgehead atoms. The fraction of sp³-hybridized carbons (Fsp3) is 0.333. The maximum Gasteiger partial charge on any atom is 0.0999 e. The van der Waals surface area contributed by atoms with Crippen LogP contribution >= 0.6 is 0 Å². The van der Waals surface area contributed by atoms with Gasteiger partial charge in [-0.15, -0.1) is 0 Å². The SMILES string of the molecule is C=C1NCCN1C.Cc1cc(C)c2nccc(C#N)c2c1C. The Bertz CT molecular complexity index is 756. The van der Waals surface area contributed by atoms with Crippen LogP contribution < -0.4 is 5.32 Å². The van der Waals surface area contributed by atoms with Gasteiger partial charge in [-0.25, -0.2) is 0 Å². The Kier molecular flexibility index (Phi) is 4.67. The number of benzene rings is 1. The van der Waals surface area contributed by atoms with Crippen molar-refractivity contribution in [3.8, 4) is 6.07 Å². The normalized spacial score (nSPS) is 13.4. The van der Waals surface area contributed by atoms with Gasteiger partial charge in [-0.1, -0.05) is 12.6 Å². The van der Waals surface area contributed by atoms with E-state index in [9.17, 15) is 0 Å². The molecule has 0 spiro atoms. The summed E-state index contributed by atoms with van der Waals surface area (Å²) in [6.45, 7) is 12.0. The van der Waals surface area contributed by atoms with Gasteiger partial charge in [0.25, 0.3) is 0 Å². The zero-order chi connectivity index (χ0) is 16.3. The van der Waals surface area contributed by atoms with Crippen molar-refractivity contribution in [2.24, 2.45) is 0 Å². The van der Waals surface area contributed by atoms with E-state index < -0.39 is 0 Å². The van der Waals surface area contributed by atoms with Crippen LogP contribution in [0.25, 0.3) is 10.9 Å². The molecule has 0 amide bonds. The zero-order valence-electron chi connectivity index (χ0n) is 13.7. The molecule has 2 heterocycles. The Labute approximate surface area is 132 Å². The van der Waals surface area contributed by atoms with Crippen LogP contribution in [0.3, 0.4) is 0 Å². The van der Waals surface area contributed by atoms with Gasteiger partial charge in [0.05, 0.1) is 23.0 Å². The minimum absolute atomic E-state index is 0.712. The number of aryl methyl sites for hydroxylation is 3. The molecular formula is C18H22N4. The molecule has 0 saturated carbocycles. The first-order valence-corrected chi connectivity index (χ1v) is 7.35. The van der Waals surface area contributed by atoms with E-state index in [1.165, 1.54) is 5.56 Å². The van der Waals surface area contributed by atoms with Crippen molar-refractivity contribution in [1.82, 2.24) is 15.2 Å². The van der Waals surface area contributed by atoms with E-state index in [1.807, 2.05) is 20.9 Å². The van der Waals surface area contributed by atoms with Crippen LogP contribution in [0.15, 0.2) is 30.7 Å². The van der Waals surface area contributed by atoms with Gasteiger partial charge >= 0.3 is 0 Å². The molecule has 1 saturated heterocycles. The predicted octanol–water partition coefficient (Wildman–Crippen LogP) is 3.02. The van der Waals surface area contributed by atoms with E-state index in [1.54, 1.807) is 12.3 Å². The molecule has 4 heteroatoms. The standard InChI is InChI=1S/C13H12N2.C5H10N2/c1-8-6-9(2)13-12(10(8)3)11(7-14)4-5-15-13;1-5-6-3-4-7(5)2/h4-6H,1-3H3;6H,1,3-4H2,2H3. The van der Waals surface area contributed by atoms with Gasteiger partial charge in [0.1, 0.15) is 0 Å². The monoisotopic (exact) mass is 294 g/mol. The van der Waals surface area contributed by atoms with Crippen LogP contribution in [-0.4, -0.2) is 30.0 Å². The zero-order valence-corrected chi connectivity index (χ0v) is 13.7. The van der Waals surface area contributed by atoms with Crippen molar-refractivity contribution in [3.63, 3.8) is 0 Å². The lowest BCUT2D eigenvalue weighted by atomic mass is 9.97. The van der Waals surface area contributed by atoms with Gasteiger partial charge in [0.15, 0.2) is 0 Å². The Balaban J connectivity index is 0.000000211. The number of rotatable bonds is 0. The molecule has 22 heavy (non-hydrogen) atoms. The maximum atomic E-state index is 9.06. The van der Waals surface area contributed by atoms with E-state index in [2.05, 4.69) is 40.8 Å². The van der Waals surface area contributed by atoms with Gasteiger partial charge in [-0.2, -0.15) is 5.26 Å². The first kappa shape index (κ1) is 15.8. The number of nitriles is 1. The average molecular weight is 294 g/mol. The quantitative estimate of drug-likeness (QED) is 0.811. The Morgan fingerprint density at radius 2 is 2.05 bits per heavy atom. The first-order chi connectivity index (χ1) is 10.5. The number of aromatic nitrogens is 1. The number of hydrogen-bond acceptors (Lipinski definition) is 4. The number of hydrogen-bond donors (Lipinski definition) is 1. The molecule has 0 aliphatic carbocycles. The molecule has 0 atom stereocenters. The first-order valence-electron chi connectivity index (χ1n) is 7.35. The Hall–Kier alpha value is -2.54. The van der Waals surface area contributed by atoms with E-state index >= 15 is 0 Å². The third kappa shape index (κ3) is 3.04.